The van der Waals surface area contributed by atoms with Crippen LogP contribution in [0.3, 0.4) is 0 Å². The summed E-state index contributed by atoms with van der Waals surface area (Å²) in [5.41, 5.74) is 1.54. The molecule has 0 N–H and O–H groups in total. The summed E-state index contributed by atoms with van der Waals surface area (Å²) < 4.78 is 13.2. The Labute approximate surface area is 76.7 Å². The average molecular weight is 175 g/mol. The van der Waals surface area contributed by atoms with Crippen molar-refractivity contribution in [1.82, 2.24) is 5.12 Å². The van der Waals surface area contributed by atoms with Crippen molar-refractivity contribution in [2.24, 2.45) is 0 Å². The zero-order chi connectivity index (χ0) is 9.10. The monoisotopic (exact) mass is 175 g/mol. The highest BCUT2D eigenvalue weighted by Gasteiger charge is 2.10. The van der Waals surface area contributed by atoms with E-state index in [1.54, 1.807) is 12.2 Å². The molecule has 0 saturated heterocycles. The van der Waals surface area contributed by atoms with Gasteiger partial charge in [-0.3, -0.25) is 0 Å². The Morgan fingerprint density at radius 1 is 1.15 bits per heavy atom. The van der Waals surface area contributed by atoms with Gasteiger partial charge in [-0.2, -0.15) is 0 Å². The molecule has 0 fully saturated rings. The van der Waals surface area contributed by atoms with E-state index in [-0.39, 0.29) is 0 Å². The van der Waals surface area contributed by atoms with Gasteiger partial charge < -0.3 is 0 Å². The molecule has 1 nitrogen and oxygen atoms in total. The molecule has 1 heterocycles. The number of rotatable bonds is 1. The zero-order valence-electron chi connectivity index (χ0n) is 7.15. The van der Waals surface area contributed by atoms with Gasteiger partial charge in [0.1, 0.15) is 0 Å². The van der Waals surface area contributed by atoms with Crippen molar-refractivity contribution < 1.29 is 4.48 Å². The third-order valence-corrected chi connectivity index (χ3v) is 1.99. The van der Waals surface area contributed by atoms with Crippen LogP contribution < -0.4 is 0 Å². The van der Waals surface area contributed by atoms with Crippen LogP contribution in [-0.2, 0) is 0 Å². The number of benzene rings is 1. The molecule has 0 saturated carbocycles. The first-order valence-electron chi connectivity index (χ1n) is 4.23. The first-order chi connectivity index (χ1) is 6.38. The minimum absolute atomic E-state index is 0.334. The largest absolute Gasteiger partial charge is 0.207 e. The minimum atomic E-state index is 0.334. The predicted octanol–water partition coefficient (Wildman–Crippen LogP) is 2.78. The summed E-state index contributed by atoms with van der Waals surface area (Å²) >= 11 is 0. The summed E-state index contributed by atoms with van der Waals surface area (Å²) in [6, 6.07) is 9.53. The lowest BCUT2D eigenvalue weighted by atomic mass is 10.1. The zero-order valence-corrected chi connectivity index (χ0v) is 7.15. The normalized spacial score (nSPS) is 15.8. The van der Waals surface area contributed by atoms with Gasteiger partial charge in [-0.25, -0.2) is 5.12 Å². The smallest absolute Gasteiger partial charge is 0.0763 e. The molecular formula is C11H10FN. The molecule has 2 rings (SSSR count). The van der Waals surface area contributed by atoms with Crippen LogP contribution in [0.1, 0.15) is 5.56 Å². The molecule has 1 aromatic carbocycles. The lowest BCUT2D eigenvalue weighted by Crippen LogP contribution is -2.13. The minimum Gasteiger partial charge on any atom is -0.207 e. The SMILES string of the molecule is FN1CC=CC=C1c1ccccc1. The van der Waals surface area contributed by atoms with Crippen LogP contribution in [0.4, 0.5) is 4.48 Å². The van der Waals surface area contributed by atoms with Gasteiger partial charge >= 0.3 is 0 Å². The van der Waals surface area contributed by atoms with Crippen molar-refractivity contribution in [3.05, 3.63) is 54.1 Å². The van der Waals surface area contributed by atoms with E-state index in [9.17, 15) is 4.48 Å². The maximum absolute atomic E-state index is 13.2. The highest BCUT2D eigenvalue weighted by Crippen LogP contribution is 2.21. The number of halogens is 1. The maximum atomic E-state index is 13.2. The Morgan fingerprint density at radius 2 is 1.92 bits per heavy atom. The molecule has 13 heavy (non-hydrogen) atoms. The number of nitrogens with zero attached hydrogens (tertiary/aromatic N) is 1. The van der Waals surface area contributed by atoms with Crippen molar-refractivity contribution in [3.63, 3.8) is 0 Å². The Balaban J connectivity index is 2.35. The first-order valence-corrected chi connectivity index (χ1v) is 4.23. The van der Waals surface area contributed by atoms with E-state index in [0.717, 1.165) is 10.7 Å². The van der Waals surface area contributed by atoms with Crippen molar-refractivity contribution in [2.75, 3.05) is 6.54 Å². The van der Waals surface area contributed by atoms with Gasteiger partial charge in [0, 0.05) is 5.56 Å². The van der Waals surface area contributed by atoms with Crippen LogP contribution in [0.5, 0.6) is 0 Å². The van der Waals surface area contributed by atoms with Gasteiger partial charge in [-0.05, 0) is 6.08 Å². The highest BCUT2D eigenvalue weighted by atomic mass is 19.2. The molecule has 0 aromatic heterocycles. The number of hydrogen-bond donors (Lipinski definition) is 0. The Hall–Kier alpha value is -1.57. The third kappa shape index (κ3) is 1.61. The van der Waals surface area contributed by atoms with Crippen LogP contribution in [0.25, 0.3) is 5.70 Å². The van der Waals surface area contributed by atoms with Crippen molar-refractivity contribution in [2.45, 2.75) is 0 Å². The lowest BCUT2D eigenvalue weighted by molar-refractivity contribution is 0.121. The van der Waals surface area contributed by atoms with Gasteiger partial charge in [-0.15, -0.1) is 0 Å². The summed E-state index contributed by atoms with van der Waals surface area (Å²) in [4.78, 5) is 0. The molecule has 0 spiro atoms. The second-order valence-electron chi connectivity index (χ2n) is 2.89. The first kappa shape index (κ1) is 8.05. The van der Waals surface area contributed by atoms with Gasteiger partial charge in [0.2, 0.25) is 0 Å². The van der Waals surface area contributed by atoms with Crippen LogP contribution in [0, 0.1) is 0 Å². The fourth-order valence-electron chi connectivity index (χ4n) is 1.34. The van der Waals surface area contributed by atoms with E-state index in [1.165, 1.54) is 0 Å². The summed E-state index contributed by atoms with van der Waals surface area (Å²) in [6.45, 7) is 0.334. The van der Waals surface area contributed by atoms with E-state index in [0.29, 0.717) is 12.2 Å². The molecule has 1 aliphatic rings. The second-order valence-corrected chi connectivity index (χ2v) is 2.89. The quantitative estimate of drug-likeness (QED) is 0.593. The second kappa shape index (κ2) is 3.44. The van der Waals surface area contributed by atoms with Crippen molar-refractivity contribution in [1.29, 1.82) is 0 Å². The summed E-state index contributed by atoms with van der Waals surface area (Å²) in [5, 5.41) is 0.745. The molecule has 0 bridgehead atoms. The molecule has 0 aliphatic carbocycles. The summed E-state index contributed by atoms with van der Waals surface area (Å²) in [6.07, 6.45) is 5.43. The number of allylic oxidation sites excluding steroid dienone is 2. The fourth-order valence-corrected chi connectivity index (χ4v) is 1.34. The van der Waals surface area contributed by atoms with Crippen LogP contribution in [0.15, 0.2) is 48.6 Å². The maximum Gasteiger partial charge on any atom is 0.0763 e. The van der Waals surface area contributed by atoms with Gasteiger partial charge in [-0.1, -0.05) is 47.0 Å². The number of hydrogen-bond acceptors (Lipinski definition) is 1. The molecule has 1 aliphatic heterocycles. The fraction of sp³-hybridized carbons (Fsp3) is 0.0909. The Kier molecular flexibility index (Phi) is 2.13. The third-order valence-electron chi connectivity index (χ3n) is 1.99. The molecule has 0 unspecified atom stereocenters. The molecule has 2 heteroatoms. The Bertz CT molecular complexity index is 340. The molecule has 0 amide bonds. The molecule has 0 radical (unpaired) electrons. The molecule has 1 aromatic rings. The van der Waals surface area contributed by atoms with Crippen LogP contribution >= 0.6 is 0 Å². The predicted molar refractivity (Wildman–Crippen MR) is 51.4 cm³/mol. The van der Waals surface area contributed by atoms with E-state index in [1.807, 2.05) is 36.4 Å². The standard InChI is InChI=1S/C11H10FN/c12-13-9-5-4-8-11(13)10-6-2-1-3-7-10/h1-8H,9H2. The summed E-state index contributed by atoms with van der Waals surface area (Å²) in [7, 11) is 0. The van der Waals surface area contributed by atoms with Crippen LogP contribution in [-0.4, -0.2) is 11.7 Å². The summed E-state index contributed by atoms with van der Waals surface area (Å²) in [5.74, 6) is 0. The van der Waals surface area contributed by atoms with E-state index in [4.69, 9.17) is 0 Å². The molecule has 0 atom stereocenters. The van der Waals surface area contributed by atoms with E-state index in [2.05, 4.69) is 0 Å². The van der Waals surface area contributed by atoms with E-state index >= 15 is 0 Å². The van der Waals surface area contributed by atoms with Crippen LogP contribution in [0.2, 0.25) is 0 Å². The molecule has 66 valence electrons. The molecular weight excluding hydrogens is 165 g/mol. The van der Waals surface area contributed by atoms with Crippen molar-refractivity contribution in [3.8, 4) is 0 Å². The van der Waals surface area contributed by atoms with Crippen molar-refractivity contribution >= 4 is 5.70 Å². The highest BCUT2D eigenvalue weighted by molar-refractivity contribution is 5.65. The lowest BCUT2D eigenvalue weighted by Gasteiger charge is -2.18. The van der Waals surface area contributed by atoms with Gasteiger partial charge in [0.05, 0.1) is 12.2 Å². The van der Waals surface area contributed by atoms with E-state index < -0.39 is 0 Å². The Morgan fingerprint density at radius 3 is 2.62 bits per heavy atom. The van der Waals surface area contributed by atoms with Gasteiger partial charge in [0.25, 0.3) is 0 Å². The topological polar surface area (TPSA) is 3.24 Å². The average Bonchev–Trinajstić information content (AvgIpc) is 2.20. The van der Waals surface area contributed by atoms with Gasteiger partial charge in [0.15, 0.2) is 0 Å².